The quantitative estimate of drug-likeness (QED) is 0.729. The maximum atomic E-state index is 14.0. The van der Waals surface area contributed by atoms with Crippen molar-refractivity contribution in [1.29, 1.82) is 0 Å². The van der Waals surface area contributed by atoms with Gasteiger partial charge >= 0.3 is 0 Å². The van der Waals surface area contributed by atoms with Crippen LogP contribution in [0.4, 0.5) is 15.9 Å². The van der Waals surface area contributed by atoms with Gasteiger partial charge in [0.1, 0.15) is 5.82 Å². The molecular weight excluding hydrogens is 359 g/mol. The first-order valence-corrected chi connectivity index (χ1v) is 8.01. The Balaban J connectivity index is 1.81. The fourth-order valence-electron chi connectivity index (χ4n) is 2.33. The summed E-state index contributed by atoms with van der Waals surface area (Å²) in [6, 6.07) is 12.4. The summed E-state index contributed by atoms with van der Waals surface area (Å²) in [5, 5.41) is 9.74. The van der Waals surface area contributed by atoms with E-state index in [-0.39, 0.29) is 17.3 Å². The molecule has 0 unspecified atom stereocenters. The van der Waals surface area contributed by atoms with Gasteiger partial charge in [0.05, 0.1) is 16.3 Å². The normalized spacial score (nSPS) is 10.4. The second-order valence-electron chi connectivity index (χ2n) is 5.43. The van der Waals surface area contributed by atoms with E-state index in [1.165, 1.54) is 23.7 Å². The second kappa shape index (κ2) is 7.37. The SMILES string of the molecule is CC(=O)Nc1ccc(F)c(C(=O)Nc2ccn(-c3ccccc3Cl)n2)c1. The molecule has 0 aliphatic carbocycles. The molecule has 132 valence electrons. The fraction of sp³-hybridized carbons (Fsp3) is 0.0556. The molecule has 26 heavy (non-hydrogen) atoms. The van der Waals surface area contributed by atoms with Crippen LogP contribution in [-0.2, 0) is 4.79 Å². The lowest BCUT2D eigenvalue weighted by Crippen LogP contribution is -2.15. The first-order valence-electron chi connectivity index (χ1n) is 7.63. The lowest BCUT2D eigenvalue weighted by molar-refractivity contribution is -0.114. The fourth-order valence-corrected chi connectivity index (χ4v) is 2.55. The Morgan fingerprint density at radius 3 is 2.62 bits per heavy atom. The number of anilines is 2. The number of hydrogen-bond donors (Lipinski definition) is 2. The topological polar surface area (TPSA) is 76.0 Å². The Morgan fingerprint density at radius 2 is 1.88 bits per heavy atom. The first kappa shape index (κ1) is 17.6. The Morgan fingerprint density at radius 1 is 1.12 bits per heavy atom. The van der Waals surface area contributed by atoms with Gasteiger partial charge in [0, 0.05) is 24.9 Å². The lowest BCUT2D eigenvalue weighted by atomic mass is 10.1. The molecule has 2 aromatic carbocycles. The van der Waals surface area contributed by atoms with Crippen LogP contribution in [0.15, 0.2) is 54.7 Å². The van der Waals surface area contributed by atoms with E-state index < -0.39 is 11.7 Å². The van der Waals surface area contributed by atoms with Crippen molar-refractivity contribution in [2.24, 2.45) is 0 Å². The summed E-state index contributed by atoms with van der Waals surface area (Å²) in [4.78, 5) is 23.5. The highest BCUT2D eigenvalue weighted by Crippen LogP contribution is 2.21. The maximum absolute atomic E-state index is 14.0. The van der Waals surface area contributed by atoms with E-state index in [1.54, 1.807) is 30.5 Å². The molecule has 0 aliphatic rings. The van der Waals surface area contributed by atoms with Gasteiger partial charge in [-0.1, -0.05) is 23.7 Å². The molecule has 2 N–H and O–H groups in total. The van der Waals surface area contributed by atoms with Gasteiger partial charge in [-0.3, -0.25) is 9.59 Å². The summed E-state index contributed by atoms with van der Waals surface area (Å²) in [5.41, 5.74) is 0.766. The predicted octanol–water partition coefficient (Wildman–Crippen LogP) is 3.88. The maximum Gasteiger partial charge on any atom is 0.259 e. The zero-order chi connectivity index (χ0) is 18.7. The Bertz CT molecular complexity index is 987. The smallest absolute Gasteiger partial charge is 0.259 e. The van der Waals surface area contributed by atoms with E-state index in [0.29, 0.717) is 16.4 Å². The molecule has 0 fully saturated rings. The standard InChI is InChI=1S/C18H14ClFN4O2/c1-11(25)21-12-6-7-15(20)13(10-12)18(26)22-17-8-9-24(23-17)16-5-3-2-4-14(16)19/h2-10H,1H3,(H,21,25)(H,22,23,26). The number of aromatic nitrogens is 2. The van der Waals surface area contributed by atoms with Crippen molar-refractivity contribution < 1.29 is 14.0 Å². The van der Waals surface area contributed by atoms with Crippen molar-refractivity contribution >= 4 is 34.9 Å². The van der Waals surface area contributed by atoms with Gasteiger partial charge in [-0.25, -0.2) is 9.07 Å². The largest absolute Gasteiger partial charge is 0.326 e. The number of nitrogens with zero attached hydrogens (tertiary/aromatic N) is 2. The second-order valence-corrected chi connectivity index (χ2v) is 5.83. The molecular formula is C18H14ClFN4O2. The first-order chi connectivity index (χ1) is 12.4. The molecule has 3 rings (SSSR count). The van der Waals surface area contributed by atoms with E-state index in [0.717, 1.165) is 6.07 Å². The highest BCUT2D eigenvalue weighted by atomic mass is 35.5. The molecule has 1 aromatic heterocycles. The predicted molar refractivity (Wildman–Crippen MR) is 97.2 cm³/mol. The van der Waals surface area contributed by atoms with Crippen LogP contribution in [0.5, 0.6) is 0 Å². The highest BCUT2D eigenvalue weighted by molar-refractivity contribution is 6.32. The van der Waals surface area contributed by atoms with Gasteiger partial charge in [0.2, 0.25) is 5.91 Å². The number of amides is 2. The van der Waals surface area contributed by atoms with Crippen LogP contribution in [0.2, 0.25) is 5.02 Å². The van der Waals surface area contributed by atoms with Crippen molar-refractivity contribution in [3.05, 3.63) is 71.1 Å². The Labute approximate surface area is 153 Å². The molecule has 0 aliphatic heterocycles. The third-order valence-corrected chi connectivity index (χ3v) is 3.78. The minimum atomic E-state index is -0.706. The monoisotopic (exact) mass is 372 g/mol. The summed E-state index contributed by atoms with van der Waals surface area (Å²) in [6.45, 7) is 1.32. The Kier molecular flexibility index (Phi) is 4.99. The Hall–Kier alpha value is -3.19. The molecule has 2 amide bonds. The number of para-hydroxylation sites is 1. The molecule has 0 spiro atoms. The van der Waals surface area contributed by atoms with Crippen molar-refractivity contribution in [1.82, 2.24) is 9.78 Å². The van der Waals surface area contributed by atoms with Gasteiger partial charge in [0.25, 0.3) is 5.91 Å². The van der Waals surface area contributed by atoms with Crippen LogP contribution in [0.3, 0.4) is 0 Å². The molecule has 3 aromatic rings. The van der Waals surface area contributed by atoms with Gasteiger partial charge in [-0.05, 0) is 30.3 Å². The third-order valence-electron chi connectivity index (χ3n) is 3.46. The minimum absolute atomic E-state index is 0.205. The number of carbonyl (C=O) groups excluding carboxylic acids is 2. The van der Waals surface area contributed by atoms with Gasteiger partial charge in [-0.2, -0.15) is 0 Å². The number of benzene rings is 2. The van der Waals surface area contributed by atoms with Crippen LogP contribution in [0, 0.1) is 5.82 Å². The van der Waals surface area contributed by atoms with Crippen LogP contribution < -0.4 is 10.6 Å². The van der Waals surface area contributed by atoms with E-state index >= 15 is 0 Å². The molecule has 0 atom stereocenters. The van der Waals surface area contributed by atoms with Crippen LogP contribution in [-0.4, -0.2) is 21.6 Å². The van der Waals surface area contributed by atoms with Crippen LogP contribution >= 0.6 is 11.6 Å². The molecule has 0 bridgehead atoms. The summed E-state index contributed by atoms with van der Waals surface area (Å²) in [5.74, 6) is -1.47. The number of rotatable bonds is 4. The highest BCUT2D eigenvalue weighted by Gasteiger charge is 2.15. The van der Waals surface area contributed by atoms with E-state index in [1.807, 2.05) is 6.07 Å². The summed E-state index contributed by atoms with van der Waals surface area (Å²) in [7, 11) is 0. The van der Waals surface area contributed by atoms with Crippen LogP contribution in [0.1, 0.15) is 17.3 Å². The molecule has 0 saturated heterocycles. The van der Waals surface area contributed by atoms with Crippen molar-refractivity contribution in [3.8, 4) is 5.69 Å². The lowest BCUT2D eigenvalue weighted by Gasteiger charge is -2.07. The van der Waals surface area contributed by atoms with Gasteiger partial charge < -0.3 is 10.6 Å². The molecule has 6 nitrogen and oxygen atoms in total. The minimum Gasteiger partial charge on any atom is -0.326 e. The number of nitrogens with one attached hydrogen (secondary N) is 2. The van der Waals surface area contributed by atoms with Crippen molar-refractivity contribution in [2.45, 2.75) is 6.92 Å². The van der Waals surface area contributed by atoms with Gasteiger partial charge in [-0.15, -0.1) is 5.10 Å². The van der Waals surface area contributed by atoms with Crippen molar-refractivity contribution in [3.63, 3.8) is 0 Å². The zero-order valence-corrected chi connectivity index (χ0v) is 14.4. The summed E-state index contributed by atoms with van der Waals surface area (Å²) < 4.78 is 15.5. The van der Waals surface area contributed by atoms with Gasteiger partial charge in [0.15, 0.2) is 5.82 Å². The van der Waals surface area contributed by atoms with E-state index in [2.05, 4.69) is 15.7 Å². The average Bonchev–Trinajstić information content (AvgIpc) is 3.04. The number of hydrogen-bond acceptors (Lipinski definition) is 3. The van der Waals surface area contributed by atoms with Crippen molar-refractivity contribution in [2.75, 3.05) is 10.6 Å². The van der Waals surface area contributed by atoms with E-state index in [9.17, 15) is 14.0 Å². The molecule has 0 saturated carbocycles. The summed E-state index contributed by atoms with van der Waals surface area (Å²) >= 11 is 6.12. The van der Waals surface area contributed by atoms with E-state index in [4.69, 9.17) is 11.6 Å². The molecule has 0 radical (unpaired) electrons. The zero-order valence-electron chi connectivity index (χ0n) is 13.7. The summed E-state index contributed by atoms with van der Waals surface area (Å²) in [6.07, 6.45) is 1.63. The third kappa shape index (κ3) is 3.89. The molecule has 1 heterocycles. The number of halogens is 2. The van der Waals surface area contributed by atoms with Crippen LogP contribution in [0.25, 0.3) is 5.69 Å². The molecule has 8 heteroatoms. The number of carbonyl (C=O) groups is 2. The average molecular weight is 373 g/mol.